The van der Waals surface area contributed by atoms with Crippen LogP contribution >= 0.6 is 0 Å². The van der Waals surface area contributed by atoms with Crippen molar-refractivity contribution < 1.29 is 14.3 Å². The van der Waals surface area contributed by atoms with E-state index in [2.05, 4.69) is 5.32 Å². The minimum absolute atomic E-state index is 0.143. The second-order valence-electron chi connectivity index (χ2n) is 5.54. The summed E-state index contributed by atoms with van der Waals surface area (Å²) in [6.07, 6.45) is 0.143. The van der Waals surface area contributed by atoms with Gasteiger partial charge in [-0.15, -0.1) is 0 Å². The second-order valence-corrected chi connectivity index (χ2v) is 5.54. The van der Waals surface area contributed by atoms with Crippen LogP contribution in [0.3, 0.4) is 0 Å². The van der Waals surface area contributed by atoms with Gasteiger partial charge < -0.3 is 10.1 Å². The average molecular weight is 310 g/mol. The third-order valence-corrected chi connectivity index (χ3v) is 3.82. The summed E-state index contributed by atoms with van der Waals surface area (Å²) in [5, 5.41) is 3.15. The normalized spacial score (nSPS) is 17.5. The van der Waals surface area contributed by atoms with E-state index >= 15 is 0 Å². The minimum atomic E-state index is -0.546. The van der Waals surface area contributed by atoms with Crippen molar-refractivity contribution in [3.05, 3.63) is 54.1 Å². The molecule has 0 saturated carbocycles. The summed E-state index contributed by atoms with van der Waals surface area (Å²) in [5.41, 5.74) is 2.47. The van der Waals surface area contributed by atoms with E-state index in [1.807, 2.05) is 31.2 Å². The Morgan fingerprint density at radius 3 is 2.65 bits per heavy atom. The molecule has 1 unspecified atom stereocenters. The Morgan fingerprint density at radius 1 is 1.13 bits per heavy atom. The number of ether oxygens (including phenoxy) is 1. The lowest BCUT2D eigenvalue weighted by molar-refractivity contribution is -0.121. The fourth-order valence-corrected chi connectivity index (χ4v) is 2.70. The number of nitrogens with one attached hydrogen (secondary N) is 1. The molecular formula is C18H18N2O3. The minimum Gasteiger partial charge on any atom is -0.497 e. The number of rotatable bonds is 4. The van der Waals surface area contributed by atoms with E-state index in [0.29, 0.717) is 11.4 Å². The fourth-order valence-electron chi connectivity index (χ4n) is 2.70. The van der Waals surface area contributed by atoms with E-state index in [0.717, 1.165) is 11.3 Å². The maximum Gasteiger partial charge on any atom is 0.256 e. The van der Waals surface area contributed by atoms with Crippen LogP contribution in [0.25, 0.3) is 0 Å². The Labute approximate surface area is 134 Å². The molecule has 2 amide bonds. The number of imide groups is 1. The zero-order valence-electron chi connectivity index (χ0n) is 13.1. The molecule has 2 aromatic rings. The van der Waals surface area contributed by atoms with Crippen molar-refractivity contribution in [2.24, 2.45) is 0 Å². The number of anilines is 2. The van der Waals surface area contributed by atoms with Gasteiger partial charge in [0.1, 0.15) is 11.8 Å². The summed E-state index contributed by atoms with van der Waals surface area (Å²) < 4.78 is 5.16. The molecule has 0 bridgehead atoms. The number of aryl methyl sites for hydroxylation is 1. The molecule has 23 heavy (non-hydrogen) atoms. The fraction of sp³-hybridized carbons (Fsp3) is 0.222. The molecule has 1 heterocycles. The molecule has 5 nitrogen and oxygen atoms in total. The van der Waals surface area contributed by atoms with Crippen molar-refractivity contribution in [1.82, 2.24) is 0 Å². The topological polar surface area (TPSA) is 58.6 Å². The van der Waals surface area contributed by atoms with Crippen LogP contribution in [-0.2, 0) is 9.59 Å². The maximum absolute atomic E-state index is 12.6. The summed E-state index contributed by atoms with van der Waals surface area (Å²) in [4.78, 5) is 26.1. The third kappa shape index (κ3) is 3.04. The number of hydrogen-bond donors (Lipinski definition) is 1. The monoisotopic (exact) mass is 310 g/mol. The van der Waals surface area contributed by atoms with Gasteiger partial charge in [-0.05, 0) is 36.8 Å². The van der Waals surface area contributed by atoms with Gasteiger partial charge in [0, 0.05) is 11.8 Å². The lowest BCUT2D eigenvalue weighted by Crippen LogP contribution is -2.34. The highest BCUT2D eigenvalue weighted by Gasteiger charge is 2.39. The molecule has 0 radical (unpaired) electrons. The summed E-state index contributed by atoms with van der Waals surface area (Å²) in [7, 11) is 1.55. The van der Waals surface area contributed by atoms with Gasteiger partial charge in [0.2, 0.25) is 5.91 Å². The number of benzene rings is 2. The molecule has 1 atom stereocenters. The van der Waals surface area contributed by atoms with Crippen molar-refractivity contribution in [2.75, 3.05) is 17.3 Å². The molecule has 1 aliphatic rings. The van der Waals surface area contributed by atoms with E-state index in [-0.39, 0.29) is 18.2 Å². The molecule has 0 aliphatic carbocycles. The van der Waals surface area contributed by atoms with E-state index in [1.54, 1.807) is 31.4 Å². The lowest BCUT2D eigenvalue weighted by Gasteiger charge is -2.17. The maximum atomic E-state index is 12.6. The van der Waals surface area contributed by atoms with Crippen LogP contribution in [0.5, 0.6) is 5.75 Å². The van der Waals surface area contributed by atoms with Crippen molar-refractivity contribution in [1.29, 1.82) is 0 Å². The second kappa shape index (κ2) is 6.12. The molecule has 0 spiro atoms. The first kappa shape index (κ1) is 15.1. The summed E-state index contributed by atoms with van der Waals surface area (Å²) >= 11 is 0. The van der Waals surface area contributed by atoms with Crippen LogP contribution in [0.4, 0.5) is 11.4 Å². The zero-order chi connectivity index (χ0) is 16.4. The lowest BCUT2D eigenvalue weighted by atomic mass is 10.2. The standard InChI is InChI=1S/C18H18N2O3/c1-12-5-3-6-13(9-12)19-16-11-17(21)20(18(16)22)14-7-4-8-15(10-14)23-2/h3-10,16,19H,11H2,1-2H3. The van der Waals surface area contributed by atoms with Crippen LogP contribution in [0.1, 0.15) is 12.0 Å². The van der Waals surface area contributed by atoms with Gasteiger partial charge in [-0.3, -0.25) is 9.59 Å². The van der Waals surface area contributed by atoms with E-state index in [9.17, 15) is 9.59 Å². The predicted octanol–water partition coefficient (Wildman–Crippen LogP) is 2.75. The summed E-state index contributed by atoms with van der Waals surface area (Å²) in [6, 6.07) is 14.1. The van der Waals surface area contributed by atoms with Crippen LogP contribution < -0.4 is 15.0 Å². The van der Waals surface area contributed by atoms with Gasteiger partial charge in [0.15, 0.2) is 0 Å². The largest absolute Gasteiger partial charge is 0.497 e. The molecule has 1 saturated heterocycles. The molecule has 1 aliphatic heterocycles. The zero-order valence-corrected chi connectivity index (χ0v) is 13.1. The first-order chi connectivity index (χ1) is 11.1. The van der Waals surface area contributed by atoms with Crippen molar-refractivity contribution in [3.63, 3.8) is 0 Å². The van der Waals surface area contributed by atoms with Gasteiger partial charge in [0.05, 0.1) is 19.2 Å². The van der Waals surface area contributed by atoms with Gasteiger partial charge in [-0.2, -0.15) is 0 Å². The van der Waals surface area contributed by atoms with Crippen LogP contribution in [-0.4, -0.2) is 25.0 Å². The highest BCUT2D eigenvalue weighted by atomic mass is 16.5. The molecular weight excluding hydrogens is 292 g/mol. The van der Waals surface area contributed by atoms with Gasteiger partial charge in [-0.25, -0.2) is 4.90 Å². The highest BCUT2D eigenvalue weighted by molar-refractivity contribution is 6.23. The SMILES string of the molecule is COc1cccc(N2C(=O)CC(Nc3cccc(C)c3)C2=O)c1. The molecule has 118 valence electrons. The van der Waals surface area contributed by atoms with Gasteiger partial charge in [-0.1, -0.05) is 18.2 Å². The molecule has 0 aromatic heterocycles. The molecule has 5 heteroatoms. The van der Waals surface area contributed by atoms with E-state index < -0.39 is 6.04 Å². The van der Waals surface area contributed by atoms with Crippen molar-refractivity contribution in [3.8, 4) is 5.75 Å². The third-order valence-electron chi connectivity index (χ3n) is 3.82. The first-order valence-corrected chi connectivity index (χ1v) is 7.42. The smallest absolute Gasteiger partial charge is 0.256 e. The Balaban J connectivity index is 1.82. The predicted molar refractivity (Wildman–Crippen MR) is 88.7 cm³/mol. The van der Waals surface area contributed by atoms with Crippen molar-refractivity contribution >= 4 is 23.2 Å². The van der Waals surface area contributed by atoms with Gasteiger partial charge in [0.25, 0.3) is 5.91 Å². The molecule has 2 aromatic carbocycles. The first-order valence-electron chi connectivity index (χ1n) is 7.42. The quantitative estimate of drug-likeness (QED) is 0.882. The number of methoxy groups -OCH3 is 1. The summed E-state index contributed by atoms with van der Waals surface area (Å²) in [6.45, 7) is 1.98. The van der Waals surface area contributed by atoms with Crippen molar-refractivity contribution in [2.45, 2.75) is 19.4 Å². The van der Waals surface area contributed by atoms with Gasteiger partial charge >= 0.3 is 0 Å². The van der Waals surface area contributed by atoms with E-state index in [4.69, 9.17) is 4.74 Å². The Kier molecular flexibility index (Phi) is 4.02. The van der Waals surface area contributed by atoms with Crippen LogP contribution in [0.15, 0.2) is 48.5 Å². The molecule has 1 fully saturated rings. The highest BCUT2D eigenvalue weighted by Crippen LogP contribution is 2.27. The van der Waals surface area contributed by atoms with Crippen LogP contribution in [0.2, 0.25) is 0 Å². The number of amides is 2. The average Bonchev–Trinajstić information content (AvgIpc) is 2.81. The molecule has 3 rings (SSSR count). The number of nitrogens with zero attached hydrogens (tertiary/aromatic N) is 1. The number of hydrogen-bond acceptors (Lipinski definition) is 4. The Bertz CT molecular complexity index is 757. The number of carbonyl (C=O) groups excluding carboxylic acids is 2. The van der Waals surface area contributed by atoms with E-state index in [1.165, 1.54) is 4.90 Å². The Morgan fingerprint density at radius 2 is 1.91 bits per heavy atom. The van der Waals surface area contributed by atoms with Crippen LogP contribution in [0, 0.1) is 6.92 Å². The molecule has 1 N–H and O–H groups in total. The number of carbonyl (C=O) groups is 2. The summed E-state index contributed by atoms with van der Waals surface area (Å²) in [5.74, 6) is 0.149. The Hall–Kier alpha value is -2.82.